The lowest BCUT2D eigenvalue weighted by Gasteiger charge is -2.29. The van der Waals surface area contributed by atoms with Crippen molar-refractivity contribution in [1.82, 2.24) is 34.4 Å². The number of nitrogens with one attached hydrogen (secondary N) is 1. The number of piperidine rings is 1. The first-order chi connectivity index (χ1) is 14.2. The molecule has 1 saturated heterocycles. The number of aromatic nitrogens is 6. The highest BCUT2D eigenvalue weighted by atomic mass is 15.4. The molecule has 1 fully saturated rings. The summed E-state index contributed by atoms with van der Waals surface area (Å²) in [4.78, 5) is 10.8. The Kier molecular flexibility index (Phi) is 4.67. The van der Waals surface area contributed by atoms with Gasteiger partial charge in [0.1, 0.15) is 5.82 Å². The Labute approximate surface area is 170 Å². The number of para-hydroxylation sites is 1. The van der Waals surface area contributed by atoms with E-state index in [2.05, 4.69) is 40.2 Å². The molecule has 0 bridgehead atoms. The van der Waals surface area contributed by atoms with Gasteiger partial charge in [-0.3, -0.25) is 4.68 Å². The first-order valence-electron chi connectivity index (χ1n) is 10.4. The molecule has 1 N–H and O–H groups in total. The Morgan fingerprint density at radius 2 is 2.07 bits per heavy atom. The number of hydrogen-bond donors (Lipinski definition) is 1. The summed E-state index contributed by atoms with van der Waals surface area (Å²) in [5, 5.41) is 10.4. The average Bonchev–Trinajstić information content (AvgIpc) is 3.44. The van der Waals surface area contributed by atoms with E-state index in [4.69, 9.17) is 10.1 Å². The van der Waals surface area contributed by atoms with Crippen LogP contribution < -0.4 is 0 Å². The third-order valence-corrected chi connectivity index (χ3v) is 6.01. The van der Waals surface area contributed by atoms with E-state index in [0.717, 1.165) is 52.7 Å². The zero-order chi connectivity index (χ0) is 19.8. The Morgan fingerprint density at radius 3 is 2.90 bits per heavy atom. The molecule has 0 amide bonds. The number of rotatable bonds is 5. The number of aromatic amines is 1. The van der Waals surface area contributed by atoms with Crippen LogP contribution in [0.2, 0.25) is 0 Å². The Morgan fingerprint density at radius 1 is 1.17 bits per heavy atom. The lowest BCUT2D eigenvalue weighted by molar-refractivity contribution is 0.201. The molecule has 150 valence electrons. The molecule has 5 rings (SSSR count). The molecule has 29 heavy (non-hydrogen) atoms. The maximum absolute atomic E-state index is 4.98. The Bertz CT molecular complexity index is 1120. The first kappa shape index (κ1) is 18.1. The number of aryl methyl sites for hydroxylation is 2. The maximum atomic E-state index is 4.98. The van der Waals surface area contributed by atoms with Crippen molar-refractivity contribution in [3.63, 3.8) is 0 Å². The summed E-state index contributed by atoms with van der Waals surface area (Å²) in [6, 6.07) is 10.3. The zero-order valence-electron chi connectivity index (χ0n) is 17.0. The molecule has 3 aromatic heterocycles. The molecule has 4 aromatic rings. The van der Waals surface area contributed by atoms with Crippen LogP contribution in [0.25, 0.3) is 28.1 Å². The van der Waals surface area contributed by atoms with Crippen molar-refractivity contribution in [1.29, 1.82) is 0 Å². The van der Waals surface area contributed by atoms with Gasteiger partial charge in [-0.1, -0.05) is 18.2 Å². The van der Waals surface area contributed by atoms with E-state index in [1.165, 1.54) is 25.9 Å². The third-order valence-electron chi connectivity index (χ3n) is 6.01. The SMILES string of the molecule is CN1CCCC(CCc2nc(-c3c[nH]c4ccccc34)nn2-c2ccnn2C)C1. The van der Waals surface area contributed by atoms with Gasteiger partial charge < -0.3 is 9.88 Å². The summed E-state index contributed by atoms with van der Waals surface area (Å²) < 4.78 is 3.82. The predicted molar refractivity (Wildman–Crippen MR) is 114 cm³/mol. The van der Waals surface area contributed by atoms with E-state index in [1.54, 1.807) is 0 Å². The fourth-order valence-corrected chi connectivity index (χ4v) is 4.48. The van der Waals surface area contributed by atoms with Crippen LogP contribution in [-0.2, 0) is 13.5 Å². The number of fused-ring (bicyclic) bond motifs is 1. The van der Waals surface area contributed by atoms with Crippen LogP contribution in [0, 0.1) is 5.92 Å². The van der Waals surface area contributed by atoms with Gasteiger partial charge in [0.15, 0.2) is 11.6 Å². The molecule has 0 radical (unpaired) electrons. The van der Waals surface area contributed by atoms with Gasteiger partial charge in [0.2, 0.25) is 0 Å². The molecule has 1 aliphatic heterocycles. The minimum atomic E-state index is 0.724. The van der Waals surface area contributed by atoms with Crippen molar-refractivity contribution in [2.45, 2.75) is 25.7 Å². The number of hydrogen-bond acceptors (Lipinski definition) is 4. The quantitative estimate of drug-likeness (QED) is 0.568. The molecule has 1 aromatic carbocycles. The molecule has 0 spiro atoms. The Hall–Kier alpha value is -2.93. The maximum Gasteiger partial charge on any atom is 0.184 e. The third kappa shape index (κ3) is 3.46. The van der Waals surface area contributed by atoms with Crippen LogP contribution in [-0.4, -0.2) is 54.6 Å². The fourth-order valence-electron chi connectivity index (χ4n) is 4.48. The van der Waals surface area contributed by atoms with Gasteiger partial charge in [-0.2, -0.15) is 9.78 Å². The minimum absolute atomic E-state index is 0.724. The van der Waals surface area contributed by atoms with Crippen molar-refractivity contribution >= 4 is 10.9 Å². The summed E-state index contributed by atoms with van der Waals surface area (Å²) in [5.41, 5.74) is 2.14. The van der Waals surface area contributed by atoms with Crippen LogP contribution in [0.3, 0.4) is 0 Å². The number of nitrogens with zero attached hydrogens (tertiary/aromatic N) is 6. The van der Waals surface area contributed by atoms with Crippen molar-refractivity contribution in [3.05, 3.63) is 48.5 Å². The highest BCUT2D eigenvalue weighted by Gasteiger charge is 2.21. The summed E-state index contributed by atoms with van der Waals surface area (Å²) >= 11 is 0. The summed E-state index contributed by atoms with van der Waals surface area (Å²) in [6.07, 6.45) is 8.46. The molecule has 1 aliphatic rings. The molecule has 0 aliphatic carbocycles. The molecule has 7 nitrogen and oxygen atoms in total. The predicted octanol–water partition coefficient (Wildman–Crippen LogP) is 3.42. The van der Waals surface area contributed by atoms with E-state index < -0.39 is 0 Å². The van der Waals surface area contributed by atoms with Gasteiger partial charge in [-0.15, -0.1) is 5.10 Å². The second kappa shape index (κ2) is 7.48. The molecular weight excluding hydrogens is 362 g/mol. The van der Waals surface area contributed by atoms with Crippen LogP contribution >= 0.6 is 0 Å². The van der Waals surface area contributed by atoms with Crippen LogP contribution in [0.15, 0.2) is 42.7 Å². The van der Waals surface area contributed by atoms with E-state index in [0.29, 0.717) is 0 Å². The Balaban J connectivity index is 1.50. The largest absolute Gasteiger partial charge is 0.360 e. The highest BCUT2D eigenvalue weighted by molar-refractivity contribution is 5.93. The van der Waals surface area contributed by atoms with Crippen molar-refractivity contribution in [2.24, 2.45) is 13.0 Å². The molecule has 7 heteroatoms. The minimum Gasteiger partial charge on any atom is -0.360 e. The molecule has 0 saturated carbocycles. The van der Waals surface area contributed by atoms with Gasteiger partial charge in [0, 0.05) is 48.7 Å². The lowest BCUT2D eigenvalue weighted by atomic mass is 9.93. The van der Waals surface area contributed by atoms with Gasteiger partial charge in [0.05, 0.1) is 6.20 Å². The molecule has 1 unspecified atom stereocenters. The van der Waals surface area contributed by atoms with Crippen LogP contribution in [0.1, 0.15) is 25.1 Å². The second-order valence-electron chi connectivity index (χ2n) is 8.13. The van der Waals surface area contributed by atoms with Gasteiger partial charge in [-0.25, -0.2) is 4.98 Å². The van der Waals surface area contributed by atoms with Gasteiger partial charge in [0.25, 0.3) is 0 Å². The van der Waals surface area contributed by atoms with Gasteiger partial charge in [-0.05, 0) is 44.8 Å². The van der Waals surface area contributed by atoms with Crippen molar-refractivity contribution in [3.8, 4) is 17.2 Å². The smallest absolute Gasteiger partial charge is 0.184 e. The summed E-state index contributed by atoms with van der Waals surface area (Å²) in [6.45, 7) is 2.39. The molecule has 4 heterocycles. The first-order valence-corrected chi connectivity index (χ1v) is 10.4. The van der Waals surface area contributed by atoms with Crippen molar-refractivity contribution < 1.29 is 0 Å². The van der Waals surface area contributed by atoms with E-state index in [9.17, 15) is 0 Å². The second-order valence-corrected chi connectivity index (χ2v) is 8.13. The number of H-pyrrole nitrogens is 1. The summed E-state index contributed by atoms with van der Waals surface area (Å²) in [7, 11) is 4.17. The van der Waals surface area contributed by atoms with Crippen LogP contribution in [0.4, 0.5) is 0 Å². The molecule has 1 atom stereocenters. The van der Waals surface area contributed by atoms with E-state index in [1.807, 2.05) is 40.9 Å². The monoisotopic (exact) mass is 389 g/mol. The number of likely N-dealkylation sites (tertiary alicyclic amines) is 1. The van der Waals surface area contributed by atoms with E-state index in [-0.39, 0.29) is 0 Å². The highest BCUT2D eigenvalue weighted by Crippen LogP contribution is 2.28. The van der Waals surface area contributed by atoms with Crippen molar-refractivity contribution in [2.75, 3.05) is 20.1 Å². The van der Waals surface area contributed by atoms with Gasteiger partial charge >= 0.3 is 0 Å². The lowest BCUT2D eigenvalue weighted by Crippen LogP contribution is -2.32. The fraction of sp³-hybridized carbons (Fsp3) is 0.409. The normalized spacial score (nSPS) is 17.9. The molecular formula is C22H27N7. The zero-order valence-corrected chi connectivity index (χ0v) is 17.0. The van der Waals surface area contributed by atoms with Crippen LogP contribution in [0.5, 0.6) is 0 Å². The van der Waals surface area contributed by atoms with E-state index >= 15 is 0 Å². The number of benzene rings is 1. The summed E-state index contributed by atoms with van der Waals surface area (Å²) in [5.74, 6) is 3.43. The topological polar surface area (TPSA) is 67.6 Å². The standard InChI is InChI=1S/C22H27N7/c1-27-13-5-6-16(15-27)9-10-20-25-22(26-29(20)21-11-12-24-28(21)2)18-14-23-19-8-4-3-7-17(18)19/h3-4,7-8,11-12,14,16,23H,5-6,9-10,13,15H2,1-2H3. The average molecular weight is 390 g/mol.